The molecule has 1 unspecified atom stereocenters. The maximum Gasteiger partial charge on any atom is 0.252 e. The molecule has 0 radical (unpaired) electrons. The van der Waals surface area contributed by atoms with Gasteiger partial charge in [-0.2, -0.15) is 4.31 Å². The van der Waals surface area contributed by atoms with Crippen molar-refractivity contribution in [2.24, 2.45) is 0 Å². The van der Waals surface area contributed by atoms with Crippen LogP contribution in [0.4, 0.5) is 11.6 Å². The number of nitrogens with one attached hydrogen (secondary N) is 1. The predicted molar refractivity (Wildman–Crippen MR) is 122 cm³/mol. The van der Waals surface area contributed by atoms with E-state index in [1.54, 1.807) is 22.6 Å². The molecule has 1 aliphatic rings. The Labute approximate surface area is 182 Å². The van der Waals surface area contributed by atoms with Crippen molar-refractivity contribution < 1.29 is 8.42 Å². The zero-order chi connectivity index (χ0) is 21.1. The molecule has 0 bridgehead atoms. The Bertz CT molecular complexity index is 1130. The van der Waals surface area contributed by atoms with Gasteiger partial charge in [0.05, 0.1) is 10.6 Å². The van der Waals surface area contributed by atoms with Crippen molar-refractivity contribution in [1.82, 2.24) is 14.3 Å². The van der Waals surface area contributed by atoms with Crippen molar-refractivity contribution in [1.29, 1.82) is 0 Å². The van der Waals surface area contributed by atoms with Gasteiger partial charge in [0.2, 0.25) is 5.95 Å². The average molecular weight is 443 g/mol. The molecule has 1 saturated heterocycles. The third-order valence-corrected chi connectivity index (χ3v) is 8.90. The number of anilines is 2. The highest BCUT2D eigenvalue weighted by molar-refractivity contribution is 7.91. The summed E-state index contributed by atoms with van der Waals surface area (Å²) in [5.41, 5.74) is 2.77. The van der Waals surface area contributed by atoms with E-state index in [1.807, 2.05) is 37.3 Å². The number of thiophene rings is 1. The first kappa shape index (κ1) is 21.0. The highest BCUT2D eigenvalue weighted by atomic mass is 32.2. The summed E-state index contributed by atoms with van der Waals surface area (Å²) < 4.78 is 28.5. The van der Waals surface area contributed by atoms with E-state index in [9.17, 15) is 8.42 Å². The zero-order valence-electron chi connectivity index (χ0n) is 17.2. The number of nitrogens with zero attached hydrogens (tertiary/aromatic N) is 3. The Morgan fingerprint density at radius 3 is 2.87 bits per heavy atom. The van der Waals surface area contributed by atoms with Crippen LogP contribution < -0.4 is 5.32 Å². The Hall–Kier alpha value is -2.29. The van der Waals surface area contributed by atoms with Gasteiger partial charge in [-0.15, -0.1) is 11.3 Å². The number of piperidine rings is 1. The molecule has 1 fully saturated rings. The summed E-state index contributed by atoms with van der Waals surface area (Å²) in [7, 11) is -3.48. The third kappa shape index (κ3) is 4.40. The quantitative estimate of drug-likeness (QED) is 0.567. The monoisotopic (exact) mass is 442 g/mol. The first-order chi connectivity index (χ1) is 14.5. The fourth-order valence-electron chi connectivity index (χ4n) is 3.82. The summed E-state index contributed by atoms with van der Waals surface area (Å²) >= 11 is 1.27. The largest absolute Gasteiger partial charge is 0.324 e. The molecule has 0 spiro atoms. The molecule has 6 nitrogen and oxygen atoms in total. The standard InChI is InChI=1S/C22H26N4O2S2/c1-3-18-9-4-5-14-26(18)30(27,28)21-11-10-20(29-21)19-12-13-23-22(25-19)24-17-8-6-7-16(2)15-17/h6-8,10-13,15,18H,3-5,9,14H2,1-2H3,(H,23,24,25). The summed E-state index contributed by atoms with van der Waals surface area (Å²) in [5.74, 6) is 0.484. The smallest absolute Gasteiger partial charge is 0.252 e. The normalized spacial score (nSPS) is 17.7. The molecule has 158 valence electrons. The highest BCUT2D eigenvalue weighted by Gasteiger charge is 2.33. The van der Waals surface area contributed by atoms with Gasteiger partial charge in [-0.05, 0) is 62.1 Å². The molecular weight excluding hydrogens is 416 g/mol. The number of aromatic nitrogens is 2. The fourth-order valence-corrected chi connectivity index (χ4v) is 6.99. The minimum atomic E-state index is -3.48. The van der Waals surface area contributed by atoms with Crippen molar-refractivity contribution in [2.75, 3.05) is 11.9 Å². The van der Waals surface area contributed by atoms with E-state index in [4.69, 9.17) is 0 Å². The minimum Gasteiger partial charge on any atom is -0.324 e. The van der Waals surface area contributed by atoms with Gasteiger partial charge >= 0.3 is 0 Å². The molecule has 3 heterocycles. The molecule has 1 aromatic carbocycles. The van der Waals surface area contributed by atoms with Crippen LogP contribution in [0.15, 0.2) is 52.9 Å². The van der Waals surface area contributed by atoms with Crippen LogP contribution in [-0.4, -0.2) is 35.3 Å². The fraction of sp³-hybridized carbons (Fsp3) is 0.364. The lowest BCUT2D eigenvalue weighted by atomic mass is 10.0. The first-order valence-electron chi connectivity index (χ1n) is 10.3. The van der Waals surface area contributed by atoms with Crippen LogP contribution in [0.3, 0.4) is 0 Å². The van der Waals surface area contributed by atoms with E-state index >= 15 is 0 Å². The predicted octanol–water partition coefficient (Wildman–Crippen LogP) is 5.21. The maximum absolute atomic E-state index is 13.2. The summed E-state index contributed by atoms with van der Waals surface area (Å²) in [5, 5.41) is 3.21. The number of aryl methyl sites for hydroxylation is 1. The molecule has 0 aliphatic carbocycles. The second kappa shape index (κ2) is 8.83. The van der Waals surface area contributed by atoms with Crippen LogP contribution in [0.25, 0.3) is 10.6 Å². The Morgan fingerprint density at radius 1 is 1.20 bits per heavy atom. The molecule has 3 aromatic rings. The van der Waals surface area contributed by atoms with Gasteiger partial charge in [-0.25, -0.2) is 18.4 Å². The molecule has 8 heteroatoms. The van der Waals surface area contributed by atoms with Crippen molar-refractivity contribution in [3.63, 3.8) is 0 Å². The molecule has 0 saturated carbocycles. The molecule has 0 amide bonds. The maximum atomic E-state index is 13.2. The van der Waals surface area contributed by atoms with Crippen LogP contribution in [0.5, 0.6) is 0 Å². The second-order valence-electron chi connectivity index (χ2n) is 7.55. The van der Waals surface area contributed by atoms with E-state index in [2.05, 4.69) is 22.2 Å². The second-order valence-corrected chi connectivity index (χ2v) is 10.8. The van der Waals surface area contributed by atoms with Crippen LogP contribution in [0.2, 0.25) is 0 Å². The number of benzene rings is 1. The molecule has 30 heavy (non-hydrogen) atoms. The lowest BCUT2D eigenvalue weighted by molar-refractivity contribution is 0.247. The molecule has 1 atom stereocenters. The summed E-state index contributed by atoms with van der Waals surface area (Å²) in [6.45, 7) is 4.69. The van der Waals surface area contributed by atoms with Crippen molar-refractivity contribution >= 4 is 33.0 Å². The van der Waals surface area contributed by atoms with Crippen molar-refractivity contribution in [3.05, 3.63) is 54.2 Å². The van der Waals surface area contributed by atoms with E-state index < -0.39 is 10.0 Å². The first-order valence-corrected chi connectivity index (χ1v) is 12.5. The number of hydrogen-bond donors (Lipinski definition) is 1. The summed E-state index contributed by atoms with van der Waals surface area (Å²) in [6, 6.07) is 13.4. The molecule has 1 aliphatic heterocycles. The topological polar surface area (TPSA) is 75.2 Å². The van der Waals surface area contributed by atoms with Crippen LogP contribution in [0, 0.1) is 6.92 Å². The van der Waals surface area contributed by atoms with Crippen LogP contribution in [0.1, 0.15) is 38.2 Å². The van der Waals surface area contributed by atoms with Crippen molar-refractivity contribution in [2.45, 2.75) is 49.8 Å². The van der Waals surface area contributed by atoms with Gasteiger partial charge in [0, 0.05) is 24.5 Å². The Kier molecular flexibility index (Phi) is 6.17. The van der Waals surface area contributed by atoms with Gasteiger partial charge < -0.3 is 5.32 Å². The third-order valence-electron chi connectivity index (χ3n) is 5.37. The lowest BCUT2D eigenvalue weighted by Crippen LogP contribution is -2.42. The minimum absolute atomic E-state index is 0.0958. The van der Waals surface area contributed by atoms with Gasteiger partial charge in [-0.1, -0.05) is 25.5 Å². The highest BCUT2D eigenvalue weighted by Crippen LogP contribution is 2.34. The van der Waals surface area contributed by atoms with Gasteiger partial charge in [0.1, 0.15) is 4.21 Å². The van der Waals surface area contributed by atoms with Crippen LogP contribution in [-0.2, 0) is 10.0 Å². The Balaban J connectivity index is 1.58. The number of rotatable bonds is 6. The summed E-state index contributed by atoms with van der Waals surface area (Å²) in [4.78, 5) is 9.70. The lowest BCUT2D eigenvalue weighted by Gasteiger charge is -2.33. The van der Waals surface area contributed by atoms with Crippen molar-refractivity contribution in [3.8, 4) is 10.6 Å². The molecular formula is C22H26N4O2S2. The number of hydrogen-bond acceptors (Lipinski definition) is 6. The number of sulfonamides is 1. The van der Waals surface area contributed by atoms with Gasteiger partial charge in [-0.3, -0.25) is 0 Å². The average Bonchev–Trinajstić information content (AvgIpc) is 3.25. The van der Waals surface area contributed by atoms with E-state index in [0.29, 0.717) is 22.4 Å². The van der Waals surface area contributed by atoms with Gasteiger partial charge in [0.15, 0.2) is 0 Å². The van der Waals surface area contributed by atoms with Crippen LogP contribution >= 0.6 is 11.3 Å². The zero-order valence-corrected chi connectivity index (χ0v) is 18.8. The van der Waals surface area contributed by atoms with Gasteiger partial charge in [0.25, 0.3) is 10.0 Å². The van der Waals surface area contributed by atoms with E-state index in [1.165, 1.54) is 11.3 Å². The molecule has 4 rings (SSSR count). The Morgan fingerprint density at radius 2 is 2.07 bits per heavy atom. The summed E-state index contributed by atoms with van der Waals surface area (Å²) in [6.07, 6.45) is 5.49. The molecule has 2 aromatic heterocycles. The molecule has 1 N–H and O–H groups in total. The SMILES string of the molecule is CCC1CCCCN1S(=O)(=O)c1ccc(-c2ccnc(Nc3cccc(C)c3)n2)s1. The van der Waals surface area contributed by atoms with E-state index in [-0.39, 0.29) is 6.04 Å². The van der Waals surface area contributed by atoms with E-state index in [0.717, 1.165) is 41.8 Å².